The molecule has 3 aromatic rings. The first kappa shape index (κ1) is 24.5. The molecule has 174 valence electrons. The van der Waals surface area contributed by atoms with Gasteiger partial charge in [-0.1, -0.05) is 84.9 Å². The van der Waals surface area contributed by atoms with Crippen LogP contribution in [-0.2, 0) is 19.1 Å². The zero-order valence-corrected chi connectivity index (χ0v) is 18.9. The van der Waals surface area contributed by atoms with Crippen LogP contribution in [0, 0.1) is 0 Å². The van der Waals surface area contributed by atoms with Gasteiger partial charge in [0, 0.05) is 14.2 Å². The minimum absolute atomic E-state index is 0.366. The lowest BCUT2D eigenvalue weighted by Crippen LogP contribution is -2.26. The third-order valence-corrected chi connectivity index (χ3v) is 4.87. The maximum Gasteiger partial charge on any atom is 0.273 e. The summed E-state index contributed by atoms with van der Waals surface area (Å²) in [7, 11) is 2.95. The number of hydrogen-bond acceptors (Lipinski definition) is 6. The van der Waals surface area contributed by atoms with E-state index >= 15 is 0 Å². The van der Waals surface area contributed by atoms with Crippen molar-refractivity contribution in [3.8, 4) is 0 Å². The van der Waals surface area contributed by atoms with Gasteiger partial charge in [0.05, 0.1) is 12.4 Å². The molecule has 8 heteroatoms. The van der Waals surface area contributed by atoms with Crippen molar-refractivity contribution in [2.24, 2.45) is 10.2 Å². The molecule has 0 aliphatic rings. The molecule has 0 radical (unpaired) electrons. The lowest BCUT2D eigenvalue weighted by molar-refractivity contribution is -0.132. The normalized spacial score (nSPS) is 13.0. The van der Waals surface area contributed by atoms with Gasteiger partial charge < -0.3 is 9.47 Å². The Morgan fingerprint density at radius 3 is 1.32 bits per heavy atom. The monoisotopic (exact) mass is 458 g/mol. The first-order valence-corrected chi connectivity index (χ1v) is 10.5. The van der Waals surface area contributed by atoms with Gasteiger partial charge in [0.2, 0.25) is 0 Å². The largest absolute Gasteiger partial charge is 0.367 e. The van der Waals surface area contributed by atoms with Crippen LogP contribution < -0.4 is 10.9 Å². The number of ether oxygens (including phenoxy) is 2. The van der Waals surface area contributed by atoms with E-state index in [1.165, 1.54) is 26.6 Å². The fourth-order valence-corrected chi connectivity index (χ4v) is 3.17. The molecule has 34 heavy (non-hydrogen) atoms. The third-order valence-electron chi connectivity index (χ3n) is 4.87. The molecule has 2 N–H and O–H groups in total. The number of rotatable bonds is 10. The number of hydrazone groups is 2. The number of hydrogen-bond donors (Lipinski definition) is 2. The van der Waals surface area contributed by atoms with Gasteiger partial charge in [0.25, 0.3) is 11.8 Å². The van der Waals surface area contributed by atoms with E-state index in [0.717, 1.165) is 22.3 Å². The van der Waals surface area contributed by atoms with E-state index in [1.54, 1.807) is 0 Å². The molecule has 3 aromatic carbocycles. The predicted molar refractivity (Wildman–Crippen MR) is 130 cm³/mol. The Morgan fingerprint density at radius 2 is 1.00 bits per heavy atom. The quantitative estimate of drug-likeness (QED) is 0.359. The van der Waals surface area contributed by atoms with Crippen LogP contribution in [0.1, 0.15) is 34.5 Å². The number of nitrogens with one attached hydrogen (secondary N) is 2. The second-order valence-electron chi connectivity index (χ2n) is 7.19. The molecule has 0 fully saturated rings. The zero-order chi connectivity index (χ0) is 24.2. The van der Waals surface area contributed by atoms with Crippen molar-refractivity contribution >= 4 is 24.2 Å². The highest BCUT2D eigenvalue weighted by atomic mass is 16.5. The smallest absolute Gasteiger partial charge is 0.273 e. The predicted octanol–water partition coefficient (Wildman–Crippen LogP) is 3.36. The molecule has 0 saturated heterocycles. The van der Waals surface area contributed by atoms with Gasteiger partial charge in [-0.2, -0.15) is 10.2 Å². The molecule has 2 atom stereocenters. The fourth-order valence-electron chi connectivity index (χ4n) is 3.17. The maximum atomic E-state index is 12.3. The molecule has 3 rings (SSSR count). The molecule has 0 heterocycles. The number of nitrogens with zero attached hydrogens (tertiary/aromatic N) is 2. The summed E-state index contributed by atoms with van der Waals surface area (Å²) in [4.78, 5) is 24.7. The Kier molecular flexibility index (Phi) is 9.21. The van der Waals surface area contributed by atoms with Gasteiger partial charge in [-0.15, -0.1) is 0 Å². The number of methoxy groups -OCH3 is 2. The second-order valence-corrected chi connectivity index (χ2v) is 7.19. The number of benzene rings is 3. The van der Waals surface area contributed by atoms with E-state index in [4.69, 9.17) is 9.47 Å². The molecule has 0 aliphatic heterocycles. The molecule has 0 spiro atoms. The van der Waals surface area contributed by atoms with Crippen LogP contribution >= 0.6 is 0 Å². The summed E-state index contributed by atoms with van der Waals surface area (Å²) in [6.07, 6.45) is 1.57. The molecule has 0 unspecified atom stereocenters. The van der Waals surface area contributed by atoms with Crippen molar-refractivity contribution in [1.29, 1.82) is 0 Å². The Balaban J connectivity index is 1.51. The van der Waals surface area contributed by atoms with Gasteiger partial charge in [-0.25, -0.2) is 10.9 Å². The van der Waals surface area contributed by atoms with Crippen molar-refractivity contribution in [1.82, 2.24) is 10.9 Å². The average Bonchev–Trinajstić information content (AvgIpc) is 2.87. The molecule has 0 aliphatic carbocycles. The van der Waals surface area contributed by atoms with Crippen molar-refractivity contribution in [3.05, 3.63) is 107 Å². The van der Waals surface area contributed by atoms with E-state index in [-0.39, 0.29) is 11.8 Å². The minimum Gasteiger partial charge on any atom is -0.367 e. The van der Waals surface area contributed by atoms with E-state index < -0.39 is 12.2 Å². The van der Waals surface area contributed by atoms with E-state index in [1.807, 2.05) is 84.9 Å². The number of carbonyl (C=O) groups is 2. The minimum atomic E-state index is -0.744. The van der Waals surface area contributed by atoms with Crippen LogP contribution in [0.3, 0.4) is 0 Å². The highest BCUT2D eigenvalue weighted by Gasteiger charge is 2.19. The van der Waals surface area contributed by atoms with Crippen LogP contribution in [0.4, 0.5) is 0 Å². The average molecular weight is 459 g/mol. The lowest BCUT2D eigenvalue weighted by atomic mass is 10.1. The van der Waals surface area contributed by atoms with Gasteiger partial charge >= 0.3 is 0 Å². The van der Waals surface area contributed by atoms with Crippen LogP contribution in [0.2, 0.25) is 0 Å². The van der Waals surface area contributed by atoms with Crippen LogP contribution in [-0.4, -0.2) is 38.5 Å². The number of amides is 2. The van der Waals surface area contributed by atoms with E-state index in [9.17, 15) is 9.59 Å². The van der Waals surface area contributed by atoms with Crippen LogP contribution in [0.25, 0.3) is 0 Å². The van der Waals surface area contributed by atoms with Crippen LogP contribution in [0.15, 0.2) is 95.1 Å². The zero-order valence-electron chi connectivity index (χ0n) is 18.9. The summed E-state index contributed by atoms with van der Waals surface area (Å²) in [5, 5.41) is 8.00. The Morgan fingerprint density at radius 1 is 0.647 bits per heavy atom. The van der Waals surface area contributed by atoms with Crippen molar-refractivity contribution in [2.45, 2.75) is 12.2 Å². The molecule has 0 bridgehead atoms. The summed E-state index contributed by atoms with van der Waals surface area (Å²) < 4.78 is 10.6. The first-order chi connectivity index (χ1) is 16.6. The Labute approximate surface area is 198 Å². The SMILES string of the molecule is CO[C@H](C(=O)N/N=C\c1ccc(/C=N\NC(=O)[C@@H](OC)c2ccccc2)cc1)c1ccccc1. The molecular formula is C26H26N4O4. The summed E-state index contributed by atoms with van der Waals surface area (Å²) >= 11 is 0. The van der Waals surface area contributed by atoms with Gasteiger partial charge in [0.1, 0.15) is 0 Å². The summed E-state index contributed by atoms with van der Waals surface area (Å²) in [6, 6.07) is 25.6. The van der Waals surface area contributed by atoms with Crippen molar-refractivity contribution < 1.29 is 19.1 Å². The molecule has 2 amide bonds. The Hall–Kier alpha value is -4.14. The molecular weight excluding hydrogens is 432 g/mol. The first-order valence-electron chi connectivity index (χ1n) is 10.5. The summed E-state index contributed by atoms with van der Waals surface area (Å²) in [5.41, 5.74) is 8.02. The maximum absolute atomic E-state index is 12.3. The topological polar surface area (TPSA) is 101 Å². The molecule has 0 aromatic heterocycles. The van der Waals surface area contributed by atoms with E-state index in [0.29, 0.717) is 0 Å². The summed E-state index contributed by atoms with van der Waals surface area (Å²) in [6.45, 7) is 0. The molecule has 0 saturated carbocycles. The van der Waals surface area contributed by atoms with Crippen LogP contribution in [0.5, 0.6) is 0 Å². The number of carbonyl (C=O) groups excluding carboxylic acids is 2. The Bertz CT molecular complexity index is 1030. The standard InChI is InChI=1S/C26H26N4O4/c1-33-23(21-9-5-3-6-10-21)25(31)29-27-17-19-13-15-20(16-14-19)18-28-30-26(32)24(34-2)22-11-7-4-8-12-22/h3-18,23-24H,1-2H3,(H,29,31)(H,30,32)/b27-17-,28-18-/t23-,24-/m0/s1. The third kappa shape index (κ3) is 6.93. The van der Waals surface area contributed by atoms with Gasteiger partial charge in [0.15, 0.2) is 12.2 Å². The van der Waals surface area contributed by atoms with Gasteiger partial charge in [-0.3, -0.25) is 9.59 Å². The highest BCUT2D eigenvalue weighted by molar-refractivity contribution is 5.87. The van der Waals surface area contributed by atoms with E-state index in [2.05, 4.69) is 21.1 Å². The lowest BCUT2D eigenvalue weighted by Gasteiger charge is -2.13. The second kappa shape index (κ2) is 12.8. The fraction of sp³-hybridized carbons (Fsp3) is 0.154. The summed E-state index contributed by atoms with van der Waals surface area (Å²) in [5.74, 6) is -0.733. The highest BCUT2D eigenvalue weighted by Crippen LogP contribution is 2.17. The van der Waals surface area contributed by atoms with Crippen molar-refractivity contribution in [3.63, 3.8) is 0 Å². The van der Waals surface area contributed by atoms with Gasteiger partial charge in [-0.05, 0) is 22.3 Å². The molecule has 8 nitrogen and oxygen atoms in total. The van der Waals surface area contributed by atoms with Crippen molar-refractivity contribution in [2.75, 3.05) is 14.2 Å².